The standard InChI is InChI=1S/C23H24ClN3O2S/c1-30(28,29)18-9-7-15-6-8-17(12-16(15)13-18)27-11-10-21-22(14-27)26-23(25-21)19-4-2-3-5-20(19)24/h2-5,7,9,13,17H,6,8,10-12,14H2,1H3,(H,25,26). The molecular formula is C23H24ClN3O2S. The summed E-state index contributed by atoms with van der Waals surface area (Å²) in [5, 5.41) is 0.700. The number of hydrogen-bond acceptors (Lipinski definition) is 4. The Bertz CT molecular complexity index is 1220. The highest BCUT2D eigenvalue weighted by Crippen LogP contribution is 2.32. The van der Waals surface area contributed by atoms with E-state index in [1.54, 1.807) is 6.07 Å². The fraction of sp³-hybridized carbons (Fsp3) is 0.348. The number of hydrogen-bond donors (Lipinski definition) is 1. The van der Waals surface area contributed by atoms with Gasteiger partial charge in [-0.05, 0) is 54.7 Å². The molecule has 1 aliphatic heterocycles. The zero-order valence-electron chi connectivity index (χ0n) is 16.9. The SMILES string of the molecule is CS(=O)(=O)c1ccc2c(c1)CC(N1CCc3nc(-c4ccccc4Cl)[nH]c3C1)CC2. The summed E-state index contributed by atoms with van der Waals surface area (Å²) in [6.07, 6.45) is 5.14. The maximum absolute atomic E-state index is 12.0. The van der Waals surface area contributed by atoms with Gasteiger partial charge in [0.25, 0.3) is 0 Å². The lowest BCUT2D eigenvalue weighted by Gasteiger charge is -2.37. The summed E-state index contributed by atoms with van der Waals surface area (Å²) in [7, 11) is -3.18. The molecule has 0 amide bonds. The maximum Gasteiger partial charge on any atom is 0.175 e. The molecule has 2 heterocycles. The van der Waals surface area contributed by atoms with Gasteiger partial charge in [-0.25, -0.2) is 13.4 Å². The number of rotatable bonds is 3. The van der Waals surface area contributed by atoms with E-state index in [0.29, 0.717) is 16.0 Å². The van der Waals surface area contributed by atoms with Crippen molar-refractivity contribution in [3.05, 3.63) is 70.0 Å². The highest BCUT2D eigenvalue weighted by molar-refractivity contribution is 7.90. The van der Waals surface area contributed by atoms with E-state index in [1.807, 2.05) is 36.4 Å². The van der Waals surface area contributed by atoms with Crippen molar-refractivity contribution >= 4 is 21.4 Å². The Balaban J connectivity index is 1.37. The minimum atomic E-state index is -3.18. The monoisotopic (exact) mass is 441 g/mol. The van der Waals surface area contributed by atoms with Crippen LogP contribution in [0.15, 0.2) is 47.4 Å². The number of sulfone groups is 1. The first-order chi connectivity index (χ1) is 14.4. The second kappa shape index (κ2) is 7.52. The summed E-state index contributed by atoms with van der Waals surface area (Å²) < 4.78 is 23.9. The molecule has 2 aromatic carbocycles. The highest BCUT2D eigenvalue weighted by atomic mass is 35.5. The second-order valence-corrected chi connectivity index (χ2v) is 10.7. The van der Waals surface area contributed by atoms with Crippen LogP contribution in [0.5, 0.6) is 0 Å². The molecule has 30 heavy (non-hydrogen) atoms. The van der Waals surface area contributed by atoms with E-state index in [0.717, 1.165) is 61.5 Å². The Morgan fingerprint density at radius 3 is 2.77 bits per heavy atom. The van der Waals surface area contributed by atoms with Crippen LogP contribution < -0.4 is 0 Å². The van der Waals surface area contributed by atoms with Crippen molar-refractivity contribution in [2.75, 3.05) is 12.8 Å². The van der Waals surface area contributed by atoms with Gasteiger partial charge in [0.1, 0.15) is 5.82 Å². The predicted molar refractivity (Wildman–Crippen MR) is 119 cm³/mol. The van der Waals surface area contributed by atoms with Crippen LogP contribution in [0.4, 0.5) is 0 Å². The number of aryl methyl sites for hydroxylation is 1. The van der Waals surface area contributed by atoms with E-state index in [1.165, 1.54) is 17.4 Å². The van der Waals surface area contributed by atoms with E-state index in [-0.39, 0.29) is 0 Å². The molecule has 1 unspecified atom stereocenters. The Labute approximate surface area is 182 Å². The van der Waals surface area contributed by atoms with Gasteiger partial charge in [0.2, 0.25) is 0 Å². The molecule has 1 aromatic heterocycles. The predicted octanol–water partition coefficient (Wildman–Crippen LogP) is 4.05. The van der Waals surface area contributed by atoms with E-state index in [2.05, 4.69) is 9.88 Å². The highest BCUT2D eigenvalue weighted by Gasteiger charge is 2.29. The minimum absolute atomic E-state index is 0.410. The summed E-state index contributed by atoms with van der Waals surface area (Å²) in [6, 6.07) is 13.8. The lowest BCUT2D eigenvalue weighted by Crippen LogP contribution is -2.42. The van der Waals surface area contributed by atoms with Crippen LogP contribution in [-0.2, 0) is 35.6 Å². The Morgan fingerprint density at radius 1 is 1.13 bits per heavy atom. The number of benzene rings is 2. The van der Waals surface area contributed by atoms with Crippen LogP contribution in [0, 0.1) is 0 Å². The molecular weight excluding hydrogens is 418 g/mol. The third kappa shape index (κ3) is 3.68. The lowest BCUT2D eigenvalue weighted by atomic mass is 9.87. The van der Waals surface area contributed by atoms with Gasteiger partial charge in [0, 0.05) is 37.4 Å². The molecule has 0 saturated heterocycles. The van der Waals surface area contributed by atoms with Crippen LogP contribution in [0.25, 0.3) is 11.4 Å². The molecule has 1 N–H and O–H groups in total. The molecule has 0 fully saturated rings. The average molecular weight is 442 g/mol. The van der Waals surface area contributed by atoms with E-state index in [9.17, 15) is 8.42 Å². The molecule has 7 heteroatoms. The minimum Gasteiger partial charge on any atom is -0.340 e. The van der Waals surface area contributed by atoms with Crippen LogP contribution in [0.2, 0.25) is 5.02 Å². The normalized spacial score (nSPS) is 19.3. The van der Waals surface area contributed by atoms with Gasteiger partial charge in [-0.3, -0.25) is 4.90 Å². The Hall–Kier alpha value is -2.15. The van der Waals surface area contributed by atoms with Crippen molar-refractivity contribution in [1.29, 1.82) is 0 Å². The first-order valence-electron chi connectivity index (χ1n) is 10.3. The molecule has 5 rings (SSSR count). The molecule has 0 spiro atoms. The molecule has 0 radical (unpaired) electrons. The largest absolute Gasteiger partial charge is 0.340 e. The van der Waals surface area contributed by atoms with Crippen molar-refractivity contribution in [1.82, 2.24) is 14.9 Å². The summed E-state index contributed by atoms with van der Waals surface area (Å²) >= 11 is 6.35. The number of aromatic nitrogens is 2. The number of aromatic amines is 1. The molecule has 5 nitrogen and oxygen atoms in total. The fourth-order valence-electron chi connectivity index (χ4n) is 4.66. The zero-order chi connectivity index (χ0) is 20.9. The van der Waals surface area contributed by atoms with Crippen molar-refractivity contribution in [3.8, 4) is 11.4 Å². The number of halogens is 1. The van der Waals surface area contributed by atoms with Crippen LogP contribution in [0.3, 0.4) is 0 Å². The number of nitrogens with one attached hydrogen (secondary N) is 1. The third-order valence-corrected chi connectivity index (χ3v) is 7.75. The summed E-state index contributed by atoms with van der Waals surface area (Å²) in [5.74, 6) is 0.833. The van der Waals surface area contributed by atoms with Crippen LogP contribution in [0.1, 0.15) is 28.9 Å². The average Bonchev–Trinajstić information content (AvgIpc) is 3.15. The molecule has 1 aliphatic carbocycles. The lowest BCUT2D eigenvalue weighted by molar-refractivity contribution is 0.160. The molecule has 1 atom stereocenters. The summed E-state index contributed by atoms with van der Waals surface area (Å²) in [6.45, 7) is 1.80. The molecule has 0 saturated carbocycles. The van der Waals surface area contributed by atoms with Gasteiger partial charge in [0.15, 0.2) is 9.84 Å². The first-order valence-corrected chi connectivity index (χ1v) is 12.5. The van der Waals surface area contributed by atoms with Crippen molar-refractivity contribution in [2.45, 2.75) is 43.2 Å². The third-order valence-electron chi connectivity index (χ3n) is 6.32. The zero-order valence-corrected chi connectivity index (χ0v) is 18.4. The number of imidazole rings is 1. The Morgan fingerprint density at radius 2 is 1.97 bits per heavy atom. The van der Waals surface area contributed by atoms with Crippen molar-refractivity contribution in [3.63, 3.8) is 0 Å². The number of nitrogens with zero attached hydrogens (tertiary/aromatic N) is 2. The van der Waals surface area contributed by atoms with E-state index >= 15 is 0 Å². The first kappa shape index (κ1) is 19.8. The molecule has 3 aromatic rings. The number of H-pyrrole nitrogens is 1. The Kier molecular flexibility index (Phi) is 4.96. The number of fused-ring (bicyclic) bond motifs is 2. The topological polar surface area (TPSA) is 66.1 Å². The summed E-state index contributed by atoms with van der Waals surface area (Å²) in [5.41, 5.74) is 5.66. The van der Waals surface area contributed by atoms with Crippen LogP contribution >= 0.6 is 11.6 Å². The van der Waals surface area contributed by atoms with Crippen molar-refractivity contribution < 1.29 is 8.42 Å². The summed E-state index contributed by atoms with van der Waals surface area (Å²) in [4.78, 5) is 11.2. The maximum atomic E-state index is 12.0. The van der Waals surface area contributed by atoms with Crippen LogP contribution in [-0.4, -0.2) is 42.1 Å². The van der Waals surface area contributed by atoms with Gasteiger partial charge in [-0.1, -0.05) is 29.8 Å². The van der Waals surface area contributed by atoms with Gasteiger partial charge < -0.3 is 4.98 Å². The second-order valence-electron chi connectivity index (χ2n) is 8.31. The quantitative estimate of drug-likeness (QED) is 0.665. The molecule has 0 bridgehead atoms. The van der Waals surface area contributed by atoms with E-state index < -0.39 is 9.84 Å². The fourth-order valence-corrected chi connectivity index (χ4v) is 5.56. The molecule has 156 valence electrons. The van der Waals surface area contributed by atoms with Gasteiger partial charge >= 0.3 is 0 Å². The van der Waals surface area contributed by atoms with E-state index in [4.69, 9.17) is 16.6 Å². The van der Waals surface area contributed by atoms with Gasteiger partial charge in [-0.2, -0.15) is 0 Å². The van der Waals surface area contributed by atoms with Gasteiger partial charge in [-0.15, -0.1) is 0 Å². The van der Waals surface area contributed by atoms with Crippen molar-refractivity contribution in [2.24, 2.45) is 0 Å². The smallest absolute Gasteiger partial charge is 0.175 e. The molecule has 2 aliphatic rings. The van der Waals surface area contributed by atoms with Gasteiger partial charge in [0.05, 0.1) is 21.3 Å².